The summed E-state index contributed by atoms with van der Waals surface area (Å²) in [6, 6.07) is 7.35. The van der Waals surface area contributed by atoms with E-state index in [1.165, 1.54) is 23.1 Å². The zero-order chi connectivity index (χ0) is 12.1. The van der Waals surface area contributed by atoms with E-state index in [9.17, 15) is 0 Å². The molecule has 0 aromatic heterocycles. The Morgan fingerprint density at radius 1 is 1.12 bits per heavy atom. The van der Waals surface area contributed by atoms with Gasteiger partial charge < -0.3 is 5.32 Å². The zero-order valence-electron chi connectivity index (χ0n) is 11.3. The standard InChI is InChI=1S/C15H25N/c1-6-15(11(2)3)16-10-14-8-7-12(4)13(5)9-14/h7-9,11,15-16H,6,10H2,1-5H3. The molecular formula is C15H25N. The first-order valence-electron chi connectivity index (χ1n) is 6.34. The second-order valence-electron chi connectivity index (χ2n) is 5.06. The Balaban J connectivity index is 2.57. The number of hydrogen-bond donors (Lipinski definition) is 1. The summed E-state index contributed by atoms with van der Waals surface area (Å²) in [5.74, 6) is 0.705. The van der Waals surface area contributed by atoms with Crippen molar-refractivity contribution < 1.29 is 0 Å². The van der Waals surface area contributed by atoms with E-state index in [2.05, 4.69) is 58.1 Å². The van der Waals surface area contributed by atoms with Crippen LogP contribution in [0.15, 0.2) is 18.2 Å². The summed E-state index contributed by atoms with van der Waals surface area (Å²) in [6.07, 6.45) is 1.20. The molecule has 0 aliphatic rings. The Morgan fingerprint density at radius 3 is 2.31 bits per heavy atom. The minimum Gasteiger partial charge on any atom is -0.310 e. The smallest absolute Gasteiger partial charge is 0.0208 e. The van der Waals surface area contributed by atoms with Crippen LogP contribution >= 0.6 is 0 Å². The van der Waals surface area contributed by atoms with Gasteiger partial charge in [0.25, 0.3) is 0 Å². The molecule has 90 valence electrons. The van der Waals surface area contributed by atoms with E-state index in [-0.39, 0.29) is 0 Å². The van der Waals surface area contributed by atoms with Gasteiger partial charge in [-0.25, -0.2) is 0 Å². The van der Waals surface area contributed by atoms with E-state index in [4.69, 9.17) is 0 Å². The SMILES string of the molecule is CCC(NCc1ccc(C)c(C)c1)C(C)C. The van der Waals surface area contributed by atoms with Crippen LogP contribution in [0.3, 0.4) is 0 Å². The van der Waals surface area contributed by atoms with Gasteiger partial charge in [0.2, 0.25) is 0 Å². The van der Waals surface area contributed by atoms with Crippen LogP contribution in [0.4, 0.5) is 0 Å². The molecule has 1 heteroatoms. The summed E-state index contributed by atoms with van der Waals surface area (Å²) < 4.78 is 0. The van der Waals surface area contributed by atoms with Crippen molar-refractivity contribution in [1.82, 2.24) is 5.32 Å². The number of hydrogen-bond acceptors (Lipinski definition) is 1. The van der Waals surface area contributed by atoms with Gasteiger partial charge in [-0.2, -0.15) is 0 Å². The van der Waals surface area contributed by atoms with Gasteiger partial charge in [0.1, 0.15) is 0 Å². The highest BCUT2D eigenvalue weighted by atomic mass is 14.9. The first-order valence-corrected chi connectivity index (χ1v) is 6.34. The molecule has 0 fully saturated rings. The van der Waals surface area contributed by atoms with Crippen molar-refractivity contribution in [3.8, 4) is 0 Å². The molecule has 1 rings (SSSR count). The normalized spacial score (nSPS) is 13.1. The van der Waals surface area contributed by atoms with Crippen molar-refractivity contribution in [3.63, 3.8) is 0 Å². The first kappa shape index (κ1) is 13.2. The van der Waals surface area contributed by atoms with Gasteiger partial charge in [-0.15, -0.1) is 0 Å². The highest BCUT2D eigenvalue weighted by molar-refractivity contribution is 5.29. The Hall–Kier alpha value is -0.820. The van der Waals surface area contributed by atoms with Gasteiger partial charge in [-0.3, -0.25) is 0 Å². The Bertz CT molecular complexity index is 328. The molecule has 0 saturated heterocycles. The van der Waals surface area contributed by atoms with Gasteiger partial charge >= 0.3 is 0 Å². The molecule has 0 heterocycles. The monoisotopic (exact) mass is 219 g/mol. The van der Waals surface area contributed by atoms with Crippen LogP contribution in [0, 0.1) is 19.8 Å². The van der Waals surface area contributed by atoms with Crippen molar-refractivity contribution in [3.05, 3.63) is 34.9 Å². The molecule has 1 aromatic rings. The molecule has 0 saturated carbocycles. The predicted octanol–water partition coefficient (Wildman–Crippen LogP) is 3.83. The first-order chi connectivity index (χ1) is 7.54. The van der Waals surface area contributed by atoms with Crippen LogP contribution in [-0.4, -0.2) is 6.04 Å². The average molecular weight is 219 g/mol. The lowest BCUT2D eigenvalue weighted by atomic mass is 10.0. The maximum atomic E-state index is 3.63. The second kappa shape index (κ2) is 6.05. The summed E-state index contributed by atoms with van der Waals surface area (Å²) in [7, 11) is 0. The number of aryl methyl sites for hydroxylation is 2. The third kappa shape index (κ3) is 3.64. The lowest BCUT2D eigenvalue weighted by Crippen LogP contribution is -2.32. The minimum absolute atomic E-state index is 0.626. The fourth-order valence-corrected chi connectivity index (χ4v) is 2.01. The predicted molar refractivity (Wildman–Crippen MR) is 71.7 cm³/mol. The van der Waals surface area contributed by atoms with Crippen molar-refractivity contribution >= 4 is 0 Å². The molecule has 1 nitrogen and oxygen atoms in total. The third-order valence-corrected chi connectivity index (χ3v) is 3.38. The number of rotatable bonds is 5. The van der Waals surface area contributed by atoms with Gasteiger partial charge in [0.15, 0.2) is 0 Å². The van der Waals surface area contributed by atoms with Crippen LogP contribution in [0.2, 0.25) is 0 Å². The molecule has 0 aliphatic carbocycles. The van der Waals surface area contributed by atoms with Crippen molar-refractivity contribution in [1.29, 1.82) is 0 Å². The van der Waals surface area contributed by atoms with Crippen molar-refractivity contribution in [2.24, 2.45) is 5.92 Å². The molecule has 0 spiro atoms. The summed E-state index contributed by atoms with van der Waals surface area (Å²) in [6.45, 7) is 12.1. The van der Waals surface area contributed by atoms with Gasteiger partial charge in [-0.1, -0.05) is 39.0 Å². The minimum atomic E-state index is 0.626. The van der Waals surface area contributed by atoms with E-state index < -0.39 is 0 Å². The van der Waals surface area contributed by atoms with Gasteiger partial charge in [-0.05, 0) is 42.9 Å². The van der Waals surface area contributed by atoms with Crippen LogP contribution in [0.25, 0.3) is 0 Å². The van der Waals surface area contributed by atoms with Crippen LogP contribution in [0.1, 0.15) is 43.9 Å². The summed E-state index contributed by atoms with van der Waals surface area (Å²) in [5.41, 5.74) is 4.15. The van der Waals surface area contributed by atoms with Crippen LogP contribution in [0.5, 0.6) is 0 Å². The van der Waals surface area contributed by atoms with E-state index >= 15 is 0 Å². The average Bonchev–Trinajstić information content (AvgIpc) is 2.23. The van der Waals surface area contributed by atoms with Crippen molar-refractivity contribution in [2.75, 3.05) is 0 Å². The van der Waals surface area contributed by atoms with E-state index in [1.807, 2.05) is 0 Å². The third-order valence-electron chi connectivity index (χ3n) is 3.38. The highest BCUT2D eigenvalue weighted by Crippen LogP contribution is 2.11. The summed E-state index contributed by atoms with van der Waals surface area (Å²) in [5, 5.41) is 3.63. The molecule has 1 unspecified atom stereocenters. The Labute approximate surface area is 100 Å². The summed E-state index contributed by atoms with van der Waals surface area (Å²) >= 11 is 0. The van der Waals surface area contributed by atoms with Crippen LogP contribution in [-0.2, 0) is 6.54 Å². The van der Waals surface area contributed by atoms with E-state index in [0.717, 1.165) is 6.54 Å². The molecule has 16 heavy (non-hydrogen) atoms. The lowest BCUT2D eigenvalue weighted by Gasteiger charge is -2.21. The molecule has 0 amide bonds. The van der Waals surface area contributed by atoms with Crippen LogP contribution < -0.4 is 5.32 Å². The summed E-state index contributed by atoms with van der Waals surface area (Å²) in [4.78, 5) is 0. The molecule has 1 N–H and O–H groups in total. The molecule has 1 aromatic carbocycles. The van der Waals surface area contributed by atoms with Gasteiger partial charge in [0, 0.05) is 12.6 Å². The Morgan fingerprint density at radius 2 is 1.81 bits per heavy atom. The molecular weight excluding hydrogens is 194 g/mol. The molecule has 0 aliphatic heterocycles. The maximum Gasteiger partial charge on any atom is 0.0208 e. The highest BCUT2D eigenvalue weighted by Gasteiger charge is 2.09. The maximum absolute atomic E-state index is 3.63. The second-order valence-corrected chi connectivity index (χ2v) is 5.06. The molecule has 0 bridgehead atoms. The molecule has 0 radical (unpaired) electrons. The van der Waals surface area contributed by atoms with E-state index in [0.29, 0.717) is 12.0 Å². The zero-order valence-corrected chi connectivity index (χ0v) is 11.3. The fraction of sp³-hybridized carbons (Fsp3) is 0.600. The topological polar surface area (TPSA) is 12.0 Å². The van der Waals surface area contributed by atoms with E-state index in [1.54, 1.807) is 0 Å². The van der Waals surface area contributed by atoms with Gasteiger partial charge in [0.05, 0.1) is 0 Å². The number of benzene rings is 1. The molecule has 1 atom stereocenters. The lowest BCUT2D eigenvalue weighted by molar-refractivity contribution is 0.387. The number of nitrogens with one attached hydrogen (secondary N) is 1. The largest absolute Gasteiger partial charge is 0.310 e. The Kier molecular flexibility index (Phi) is 5.01. The van der Waals surface area contributed by atoms with Crippen molar-refractivity contribution in [2.45, 2.75) is 53.6 Å². The fourth-order valence-electron chi connectivity index (χ4n) is 2.01. The quantitative estimate of drug-likeness (QED) is 0.793.